The van der Waals surface area contributed by atoms with E-state index in [4.69, 9.17) is 16.3 Å². The van der Waals surface area contributed by atoms with Gasteiger partial charge in [-0.15, -0.1) is 11.3 Å². The molecule has 1 aliphatic rings. The van der Waals surface area contributed by atoms with Gasteiger partial charge in [0.1, 0.15) is 15.9 Å². The summed E-state index contributed by atoms with van der Waals surface area (Å²) in [6.45, 7) is 5.61. The normalized spacial score (nSPS) is 20.7. The topological polar surface area (TPSA) is 63.7 Å². The van der Waals surface area contributed by atoms with Crippen LogP contribution in [0.25, 0.3) is 0 Å². The molecule has 0 saturated carbocycles. The van der Waals surface area contributed by atoms with Gasteiger partial charge in [-0.25, -0.2) is 8.42 Å². The monoisotopic (exact) mass is 351 g/mol. The molecule has 1 aromatic heterocycles. The van der Waals surface area contributed by atoms with Gasteiger partial charge < -0.3 is 4.74 Å². The average Bonchev–Trinajstić information content (AvgIpc) is 2.94. The summed E-state index contributed by atoms with van der Waals surface area (Å²) in [7, 11) is -3.70. The number of carbonyl (C=O) groups is 1. The van der Waals surface area contributed by atoms with Gasteiger partial charge in [0.05, 0.1) is 4.34 Å². The third kappa shape index (κ3) is 3.77. The fourth-order valence-corrected chi connectivity index (χ4v) is 5.44. The Morgan fingerprint density at radius 3 is 2.62 bits per heavy atom. The van der Waals surface area contributed by atoms with Crippen LogP contribution < -0.4 is 0 Å². The minimum absolute atomic E-state index is 0.156. The fraction of sp³-hybridized carbons (Fsp3) is 0.615. The Labute approximate surface area is 133 Å². The Morgan fingerprint density at radius 1 is 1.43 bits per heavy atom. The van der Waals surface area contributed by atoms with Gasteiger partial charge in [0.2, 0.25) is 0 Å². The molecule has 8 heteroatoms. The molecule has 1 aromatic rings. The first kappa shape index (κ1) is 16.7. The van der Waals surface area contributed by atoms with Crippen molar-refractivity contribution in [3.63, 3.8) is 0 Å². The van der Waals surface area contributed by atoms with Gasteiger partial charge in [-0.3, -0.25) is 4.79 Å². The molecule has 2 rings (SSSR count). The van der Waals surface area contributed by atoms with Crippen molar-refractivity contribution in [1.29, 1.82) is 0 Å². The molecular formula is C13H18ClNO4S2. The van der Waals surface area contributed by atoms with E-state index in [1.165, 1.54) is 16.4 Å². The lowest BCUT2D eigenvalue weighted by Gasteiger charge is -2.26. The summed E-state index contributed by atoms with van der Waals surface area (Å²) in [5.41, 5.74) is -0.638. The van der Waals surface area contributed by atoms with E-state index in [0.29, 0.717) is 23.7 Å². The number of esters is 1. The number of nitrogens with zero attached hydrogens (tertiary/aromatic N) is 1. The molecule has 21 heavy (non-hydrogen) atoms. The number of halogens is 1. The van der Waals surface area contributed by atoms with E-state index in [9.17, 15) is 13.2 Å². The van der Waals surface area contributed by atoms with E-state index in [1.54, 1.807) is 20.8 Å². The zero-order chi connectivity index (χ0) is 15.8. The Bertz CT molecular complexity index is 633. The molecule has 0 bridgehead atoms. The lowest BCUT2D eigenvalue weighted by molar-refractivity contribution is -0.158. The van der Waals surface area contributed by atoms with Crippen LogP contribution >= 0.6 is 22.9 Å². The van der Waals surface area contributed by atoms with E-state index in [0.717, 1.165) is 11.3 Å². The van der Waals surface area contributed by atoms with Crippen molar-refractivity contribution in [2.45, 2.75) is 49.5 Å². The summed E-state index contributed by atoms with van der Waals surface area (Å²) < 4.78 is 32.3. The maximum absolute atomic E-state index is 12.6. The molecule has 0 amide bonds. The number of thiophene rings is 1. The third-order valence-electron chi connectivity index (χ3n) is 2.99. The van der Waals surface area contributed by atoms with Crippen molar-refractivity contribution in [1.82, 2.24) is 4.31 Å². The summed E-state index contributed by atoms with van der Waals surface area (Å²) in [5, 5.41) is 0. The summed E-state index contributed by atoms with van der Waals surface area (Å²) in [6, 6.07) is 2.25. The quantitative estimate of drug-likeness (QED) is 0.785. The molecule has 0 aliphatic carbocycles. The average molecular weight is 352 g/mol. The van der Waals surface area contributed by atoms with Crippen LogP contribution in [0.5, 0.6) is 0 Å². The zero-order valence-corrected chi connectivity index (χ0v) is 14.5. The first-order valence-electron chi connectivity index (χ1n) is 6.61. The maximum Gasteiger partial charge on any atom is 0.324 e. The van der Waals surface area contributed by atoms with Crippen LogP contribution in [0.15, 0.2) is 16.3 Å². The molecule has 0 N–H and O–H groups in total. The van der Waals surface area contributed by atoms with Crippen molar-refractivity contribution in [2.75, 3.05) is 6.54 Å². The van der Waals surface area contributed by atoms with Crippen molar-refractivity contribution in [3.8, 4) is 0 Å². The van der Waals surface area contributed by atoms with Crippen molar-refractivity contribution >= 4 is 38.9 Å². The van der Waals surface area contributed by atoms with Crippen LogP contribution in [0.1, 0.15) is 33.6 Å². The second-order valence-electron chi connectivity index (χ2n) is 5.87. The summed E-state index contributed by atoms with van der Waals surface area (Å²) in [5.74, 6) is -0.494. The Morgan fingerprint density at radius 2 is 2.10 bits per heavy atom. The number of hydrogen-bond donors (Lipinski definition) is 0. The van der Waals surface area contributed by atoms with E-state index in [-0.39, 0.29) is 4.21 Å². The predicted octanol–water partition coefficient (Wildman–Crippen LogP) is 2.90. The summed E-state index contributed by atoms with van der Waals surface area (Å²) in [4.78, 5) is 12.2. The number of hydrogen-bond acceptors (Lipinski definition) is 5. The molecular weight excluding hydrogens is 334 g/mol. The third-order valence-corrected chi connectivity index (χ3v) is 6.60. The smallest absolute Gasteiger partial charge is 0.324 e. The molecule has 118 valence electrons. The highest BCUT2D eigenvalue weighted by molar-refractivity contribution is 7.91. The highest BCUT2D eigenvalue weighted by Gasteiger charge is 2.41. The van der Waals surface area contributed by atoms with E-state index in [2.05, 4.69) is 0 Å². The van der Waals surface area contributed by atoms with Gasteiger partial charge in [0, 0.05) is 6.54 Å². The van der Waals surface area contributed by atoms with Gasteiger partial charge in [0.15, 0.2) is 0 Å². The molecule has 1 fully saturated rings. The van der Waals surface area contributed by atoms with Crippen LogP contribution in [-0.4, -0.2) is 36.9 Å². The molecule has 0 aromatic carbocycles. The minimum atomic E-state index is -3.70. The molecule has 0 spiro atoms. The fourth-order valence-electron chi connectivity index (χ4n) is 2.19. The van der Waals surface area contributed by atoms with Gasteiger partial charge >= 0.3 is 5.97 Å². The number of rotatable bonds is 3. The molecule has 2 heterocycles. The molecule has 0 unspecified atom stereocenters. The van der Waals surface area contributed by atoms with Crippen LogP contribution in [0.2, 0.25) is 4.34 Å². The van der Waals surface area contributed by atoms with E-state index < -0.39 is 27.6 Å². The Kier molecular flexibility index (Phi) is 4.68. The number of sulfonamides is 1. The highest BCUT2D eigenvalue weighted by Crippen LogP contribution is 2.32. The van der Waals surface area contributed by atoms with Gasteiger partial charge in [-0.05, 0) is 45.7 Å². The van der Waals surface area contributed by atoms with Crippen LogP contribution in [-0.2, 0) is 19.6 Å². The van der Waals surface area contributed by atoms with Crippen molar-refractivity contribution < 1.29 is 17.9 Å². The first-order chi connectivity index (χ1) is 9.61. The lowest BCUT2D eigenvalue weighted by atomic mass is 10.2. The first-order valence-corrected chi connectivity index (χ1v) is 9.25. The van der Waals surface area contributed by atoms with Gasteiger partial charge in [-0.2, -0.15) is 4.31 Å². The van der Waals surface area contributed by atoms with Crippen molar-refractivity contribution in [3.05, 3.63) is 16.5 Å². The largest absolute Gasteiger partial charge is 0.459 e. The molecule has 1 atom stereocenters. The molecule has 0 radical (unpaired) electrons. The van der Waals surface area contributed by atoms with Crippen molar-refractivity contribution in [2.24, 2.45) is 0 Å². The second kappa shape index (κ2) is 5.87. The van der Waals surface area contributed by atoms with Gasteiger partial charge in [0.25, 0.3) is 10.0 Å². The SMILES string of the molecule is CC(C)(C)OC(=O)[C@H]1CCCN1S(=O)(=O)c1ccc(Cl)s1. The summed E-state index contributed by atoms with van der Waals surface area (Å²) in [6.07, 6.45) is 1.12. The van der Waals surface area contributed by atoms with Crippen LogP contribution in [0.3, 0.4) is 0 Å². The second-order valence-corrected chi connectivity index (χ2v) is 9.70. The van der Waals surface area contributed by atoms with Crippen LogP contribution in [0.4, 0.5) is 0 Å². The van der Waals surface area contributed by atoms with E-state index in [1.807, 2.05) is 0 Å². The standard InChI is InChI=1S/C13H18ClNO4S2/c1-13(2,3)19-12(16)9-5-4-8-15(9)21(17,18)11-7-6-10(14)20-11/h6-7,9H,4-5,8H2,1-3H3/t9-/m1/s1. The summed E-state index contributed by atoms with van der Waals surface area (Å²) >= 11 is 6.80. The lowest BCUT2D eigenvalue weighted by Crippen LogP contribution is -2.43. The predicted molar refractivity (Wildman–Crippen MR) is 82.1 cm³/mol. The van der Waals surface area contributed by atoms with E-state index >= 15 is 0 Å². The highest BCUT2D eigenvalue weighted by atomic mass is 35.5. The number of carbonyl (C=O) groups excluding carboxylic acids is 1. The van der Waals surface area contributed by atoms with Gasteiger partial charge in [-0.1, -0.05) is 11.6 Å². The molecule has 1 aliphatic heterocycles. The Hall–Kier alpha value is -0.630. The Balaban J connectivity index is 2.24. The molecule has 5 nitrogen and oxygen atoms in total. The van der Waals surface area contributed by atoms with Crippen LogP contribution in [0, 0.1) is 0 Å². The maximum atomic E-state index is 12.6. The zero-order valence-electron chi connectivity index (χ0n) is 12.1. The molecule has 1 saturated heterocycles. The number of ether oxygens (including phenoxy) is 1. The minimum Gasteiger partial charge on any atom is -0.459 e.